The van der Waals surface area contributed by atoms with Crippen molar-refractivity contribution in [2.24, 2.45) is 5.73 Å². The zero-order chi connectivity index (χ0) is 19.3. The molecule has 12 nitrogen and oxygen atoms in total. The molecule has 2 rings (SSSR count). The molecule has 0 radical (unpaired) electrons. The average Bonchev–Trinajstić information content (AvgIpc) is 2.53. The monoisotopic (exact) mass is 363 g/mol. The maximum absolute atomic E-state index is 11.4. The van der Waals surface area contributed by atoms with E-state index in [9.17, 15) is 50.8 Å². The molecule has 140 valence electrons. The van der Waals surface area contributed by atoms with Crippen molar-refractivity contribution in [1.29, 1.82) is 0 Å². The van der Waals surface area contributed by atoms with E-state index in [-0.39, 0.29) is 0 Å². The lowest BCUT2D eigenvalue weighted by Gasteiger charge is -2.50. The van der Waals surface area contributed by atoms with Gasteiger partial charge in [0, 0.05) is 0 Å². The molecule has 1 saturated heterocycles. The third-order valence-corrected chi connectivity index (χ3v) is 4.02. The lowest BCUT2D eigenvalue weighted by Crippen LogP contribution is -2.74. The number of rotatable bonds is 3. The zero-order valence-electron chi connectivity index (χ0n) is 12.4. The third kappa shape index (κ3) is 2.65. The summed E-state index contributed by atoms with van der Waals surface area (Å²) in [6, 6.07) is 0.449. The van der Waals surface area contributed by atoms with E-state index in [2.05, 4.69) is 0 Å². The molecule has 1 aromatic carbocycles. The molecule has 1 aliphatic heterocycles. The van der Waals surface area contributed by atoms with E-state index in [1.54, 1.807) is 0 Å². The maximum atomic E-state index is 11.4. The number of aliphatic hydroxyl groups is 5. The van der Waals surface area contributed by atoms with Crippen LogP contribution in [-0.2, 0) is 10.5 Å². The molecule has 1 fully saturated rings. The van der Waals surface area contributed by atoms with Gasteiger partial charge in [0.05, 0.1) is 17.7 Å². The molecule has 0 unspecified atom stereocenters. The quantitative estimate of drug-likeness (QED) is 0.185. The van der Waals surface area contributed by atoms with E-state index < -0.39 is 70.8 Å². The highest BCUT2D eigenvalue weighted by Crippen LogP contribution is 2.49. The number of aromatic hydroxyl groups is 3. The van der Waals surface area contributed by atoms with Crippen molar-refractivity contribution in [3.63, 3.8) is 0 Å². The fourth-order valence-electron chi connectivity index (χ4n) is 2.60. The number of hydrogen-bond acceptors (Lipinski definition) is 11. The molecule has 11 N–H and O–H groups in total. The summed E-state index contributed by atoms with van der Waals surface area (Å²) in [5, 5.41) is 87.9. The van der Waals surface area contributed by atoms with Crippen LogP contribution in [0.4, 0.5) is 0 Å². The molecule has 0 amide bonds. The van der Waals surface area contributed by atoms with Crippen molar-refractivity contribution < 1.29 is 55.5 Å². The van der Waals surface area contributed by atoms with E-state index in [4.69, 9.17) is 10.5 Å². The highest BCUT2D eigenvalue weighted by Gasteiger charge is 2.61. The second-order valence-corrected chi connectivity index (χ2v) is 5.58. The Balaban J connectivity index is 2.75. The van der Waals surface area contributed by atoms with Crippen LogP contribution in [0.5, 0.6) is 17.2 Å². The van der Waals surface area contributed by atoms with Crippen LogP contribution in [0.1, 0.15) is 15.9 Å². The first-order valence-corrected chi connectivity index (χ1v) is 6.79. The second kappa shape index (κ2) is 5.96. The van der Waals surface area contributed by atoms with Gasteiger partial charge in [-0.05, 0) is 6.07 Å². The molecule has 25 heavy (non-hydrogen) atoms. The summed E-state index contributed by atoms with van der Waals surface area (Å²) in [6.07, 6.45) is -6.80. The number of phenolic OH excluding ortho intramolecular Hbond substituents is 3. The van der Waals surface area contributed by atoms with Gasteiger partial charge in [0.15, 0.2) is 17.2 Å². The lowest BCUT2D eigenvalue weighted by molar-refractivity contribution is -0.381. The van der Waals surface area contributed by atoms with Crippen LogP contribution >= 0.6 is 0 Å². The summed E-state index contributed by atoms with van der Waals surface area (Å²) >= 11 is 0. The molecule has 1 aliphatic rings. The first-order chi connectivity index (χ1) is 11.4. The van der Waals surface area contributed by atoms with Crippen LogP contribution in [0.25, 0.3) is 0 Å². The molecule has 0 saturated carbocycles. The van der Waals surface area contributed by atoms with Gasteiger partial charge in [-0.2, -0.15) is 0 Å². The fraction of sp³-hybridized carbons (Fsp3) is 0.462. The van der Waals surface area contributed by atoms with Crippen LogP contribution in [0, 0.1) is 0 Å². The van der Waals surface area contributed by atoms with E-state index >= 15 is 0 Å². The number of hydrogen-bond donors (Lipinski definition) is 10. The van der Waals surface area contributed by atoms with Crippen molar-refractivity contribution in [2.75, 3.05) is 6.61 Å². The average molecular weight is 363 g/mol. The number of carbonyl (C=O) groups is 1. The molecular formula is C13H17NO11. The van der Waals surface area contributed by atoms with Gasteiger partial charge in [-0.3, -0.25) is 5.73 Å². The summed E-state index contributed by atoms with van der Waals surface area (Å²) in [6.45, 7) is -1.08. The van der Waals surface area contributed by atoms with Crippen LogP contribution in [-0.4, -0.2) is 82.6 Å². The van der Waals surface area contributed by atoms with Crippen LogP contribution in [0.3, 0.4) is 0 Å². The van der Waals surface area contributed by atoms with Crippen molar-refractivity contribution in [1.82, 2.24) is 0 Å². The minimum Gasteiger partial charge on any atom is -0.504 e. The second-order valence-electron chi connectivity index (χ2n) is 5.58. The summed E-state index contributed by atoms with van der Waals surface area (Å²) in [5.41, 5.74) is 0.471. The Kier molecular flexibility index (Phi) is 4.56. The number of aromatic carboxylic acids is 1. The number of benzene rings is 1. The number of phenols is 3. The lowest BCUT2D eigenvalue weighted by atomic mass is 9.82. The molecule has 0 spiro atoms. The van der Waals surface area contributed by atoms with Crippen LogP contribution < -0.4 is 5.73 Å². The van der Waals surface area contributed by atoms with Gasteiger partial charge in [-0.15, -0.1) is 0 Å². The molecule has 12 heteroatoms. The number of carboxylic acid groups (broad SMARTS) is 1. The molecule has 0 bridgehead atoms. The Morgan fingerprint density at radius 2 is 1.72 bits per heavy atom. The topological polar surface area (TPSA) is 234 Å². The number of aliphatic hydroxyl groups excluding tert-OH is 3. The Morgan fingerprint density at radius 3 is 2.20 bits per heavy atom. The number of ether oxygens (including phenoxy) is 1. The Labute approximate surface area is 139 Å². The molecule has 0 aromatic heterocycles. The van der Waals surface area contributed by atoms with E-state index in [0.717, 1.165) is 0 Å². The van der Waals surface area contributed by atoms with E-state index in [1.807, 2.05) is 0 Å². The predicted octanol–water partition coefficient (Wildman–Crippen LogP) is -3.59. The SMILES string of the molecule is N[C@@]1(O)[C@H](O)[C@@H](O)[C@@](O)(c2c(C(=O)O)cc(O)c(O)c2O)O[C@@H]1CO. The first kappa shape index (κ1) is 19.1. The van der Waals surface area contributed by atoms with Crippen molar-refractivity contribution in [3.8, 4) is 17.2 Å². The molecule has 1 aromatic rings. The highest BCUT2D eigenvalue weighted by atomic mass is 16.7. The van der Waals surface area contributed by atoms with Gasteiger partial charge in [-0.25, -0.2) is 4.79 Å². The van der Waals surface area contributed by atoms with Gasteiger partial charge >= 0.3 is 5.97 Å². The first-order valence-electron chi connectivity index (χ1n) is 6.79. The number of nitrogens with two attached hydrogens (primary N) is 1. The number of carboxylic acids is 1. The molecular weight excluding hydrogens is 346 g/mol. The minimum absolute atomic E-state index is 0.449. The highest BCUT2D eigenvalue weighted by molar-refractivity contribution is 5.92. The summed E-state index contributed by atoms with van der Waals surface area (Å²) in [7, 11) is 0. The van der Waals surface area contributed by atoms with Crippen LogP contribution in [0.15, 0.2) is 6.07 Å². The smallest absolute Gasteiger partial charge is 0.336 e. The van der Waals surface area contributed by atoms with Crippen LogP contribution in [0.2, 0.25) is 0 Å². The van der Waals surface area contributed by atoms with E-state index in [0.29, 0.717) is 6.07 Å². The Morgan fingerprint density at radius 1 is 1.16 bits per heavy atom. The largest absolute Gasteiger partial charge is 0.504 e. The van der Waals surface area contributed by atoms with Crippen molar-refractivity contribution >= 4 is 5.97 Å². The molecule has 1 heterocycles. The summed E-state index contributed by atoms with van der Waals surface area (Å²) < 4.78 is 4.88. The predicted molar refractivity (Wildman–Crippen MR) is 75.4 cm³/mol. The fourth-order valence-corrected chi connectivity index (χ4v) is 2.60. The zero-order valence-corrected chi connectivity index (χ0v) is 12.4. The van der Waals surface area contributed by atoms with Gasteiger partial charge in [0.25, 0.3) is 0 Å². The normalized spacial score (nSPS) is 35.5. The maximum Gasteiger partial charge on any atom is 0.336 e. The third-order valence-electron chi connectivity index (χ3n) is 4.02. The Bertz CT molecular complexity index is 702. The van der Waals surface area contributed by atoms with Crippen molar-refractivity contribution in [3.05, 3.63) is 17.2 Å². The van der Waals surface area contributed by atoms with Gasteiger partial charge < -0.3 is 50.7 Å². The standard InChI is InChI=1S/C13H17NO11/c14-12(23)5(2-15)25-13(24,10(20)9(12)19)6-3(11(21)22)1-4(16)7(17)8(6)18/h1,5,9-10,15-20,23-24H,2,14H2,(H,21,22)/t5-,9-,10-,12+,13-/m1/s1. The van der Waals surface area contributed by atoms with E-state index in [1.165, 1.54) is 0 Å². The van der Waals surface area contributed by atoms with Gasteiger partial charge in [0.2, 0.25) is 11.5 Å². The molecule has 0 aliphatic carbocycles. The minimum atomic E-state index is -3.22. The van der Waals surface area contributed by atoms with Gasteiger partial charge in [-0.1, -0.05) is 0 Å². The summed E-state index contributed by atoms with van der Waals surface area (Å²) in [4.78, 5) is 11.4. The molecule has 5 atom stereocenters. The Hall–Kier alpha value is -2.19. The van der Waals surface area contributed by atoms with Gasteiger partial charge in [0.1, 0.15) is 18.3 Å². The van der Waals surface area contributed by atoms with Crippen molar-refractivity contribution in [2.45, 2.75) is 29.8 Å². The summed E-state index contributed by atoms with van der Waals surface area (Å²) in [5.74, 6) is -8.70.